The molecule has 0 spiro atoms. The highest BCUT2D eigenvalue weighted by Crippen LogP contribution is 2.48. The Labute approximate surface area is 147 Å². The Bertz CT molecular complexity index is 558. The van der Waals surface area contributed by atoms with Gasteiger partial charge in [-0.15, -0.1) is 0 Å². The van der Waals surface area contributed by atoms with Crippen LogP contribution in [0.15, 0.2) is 22.9 Å². The van der Waals surface area contributed by atoms with E-state index in [0.717, 1.165) is 38.1 Å². The number of Topliss-reactive ketones (excluding diaryl/α,β-unsaturated/α-hetero) is 1. The molecular formula is C21H33NO2. The Morgan fingerprint density at radius 3 is 2.71 bits per heavy atom. The molecule has 2 aliphatic carbocycles. The molecule has 3 nitrogen and oxygen atoms in total. The molecule has 0 bridgehead atoms. The first-order valence-electron chi connectivity index (χ1n) is 9.63. The van der Waals surface area contributed by atoms with E-state index in [0.29, 0.717) is 24.2 Å². The number of carbonyl (C=O) groups excluding carboxylic acids is 1. The molecule has 2 atom stereocenters. The number of methoxy groups -OCH3 is 1. The molecule has 1 heterocycles. The second-order valence-electron chi connectivity index (χ2n) is 8.44. The fourth-order valence-electron chi connectivity index (χ4n) is 4.97. The fourth-order valence-corrected chi connectivity index (χ4v) is 4.97. The van der Waals surface area contributed by atoms with Crippen molar-refractivity contribution in [2.24, 2.45) is 11.3 Å². The van der Waals surface area contributed by atoms with E-state index in [1.807, 2.05) is 0 Å². The zero-order chi connectivity index (χ0) is 17.3. The summed E-state index contributed by atoms with van der Waals surface area (Å²) >= 11 is 0. The summed E-state index contributed by atoms with van der Waals surface area (Å²) in [6, 6.07) is 0.381. The number of hydrogen-bond donors (Lipinski definition) is 0. The number of nitrogens with zero attached hydrogens (tertiary/aromatic N) is 1. The van der Waals surface area contributed by atoms with Crippen LogP contribution in [0.1, 0.15) is 65.7 Å². The number of ketones is 1. The summed E-state index contributed by atoms with van der Waals surface area (Å²) in [6.45, 7) is 8.74. The van der Waals surface area contributed by atoms with E-state index in [9.17, 15) is 4.79 Å². The molecule has 0 amide bonds. The summed E-state index contributed by atoms with van der Waals surface area (Å²) in [5.74, 6) is 1.02. The molecule has 0 aromatic rings. The van der Waals surface area contributed by atoms with Gasteiger partial charge in [0.05, 0.1) is 18.3 Å². The Kier molecular flexibility index (Phi) is 5.19. The highest BCUT2D eigenvalue weighted by molar-refractivity contribution is 5.98. The molecule has 3 aliphatic rings. The van der Waals surface area contributed by atoms with Crippen molar-refractivity contribution in [3.63, 3.8) is 0 Å². The SMILES string of the molecule is COCC1CCCN1C1=C(C(C)(C)C2CC=C(C)CC2)CCC1=O. The quantitative estimate of drug-likeness (QED) is 0.695. The summed E-state index contributed by atoms with van der Waals surface area (Å²) < 4.78 is 5.42. The van der Waals surface area contributed by atoms with Crippen molar-refractivity contribution in [2.75, 3.05) is 20.3 Å². The first kappa shape index (κ1) is 17.7. The van der Waals surface area contributed by atoms with E-state index in [1.54, 1.807) is 7.11 Å². The molecule has 3 rings (SSSR count). The monoisotopic (exact) mass is 331 g/mol. The normalized spacial score (nSPS) is 28.8. The third kappa shape index (κ3) is 3.20. The van der Waals surface area contributed by atoms with Crippen LogP contribution in [0.3, 0.4) is 0 Å². The third-order valence-electron chi connectivity index (χ3n) is 6.61. The maximum Gasteiger partial charge on any atom is 0.179 e. The van der Waals surface area contributed by atoms with Crippen LogP contribution in [0.4, 0.5) is 0 Å². The van der Waals surface area contributed by atoms with E-state index in [4.69, 9.17) is 4.74 Å². The zero-order valence-corrected chi connectivity index (χ0v) is 15.9. The average molecular weight is 332 g/mol. The largest absolute Gasteiger partial charge is 0.383 e. The maximum atomic E-state index is 12.8. The molecule has 24 heavy (non-hydrogen) atoms. The third-order valence-corrected chi connectivity index (χ3v) is 6.61. The minimum atomic E-state index is 0.110. The van der Waals surface area contributed by atoms with Crippen molar-refractivity contribution in [1.82, 2.24) is 4.90 Å². The van der Waals surface area contributed by atoms with Crippen LogP contribution in [0, 0.1) is 11.3 Å². The highest BCUT2D eigenvalue weighted by Gasteiger charge is 2.42. The fraction of sp³-hybridized carbons (Fsp3) is 0.762. The molecule has 0 N–H and O–H groups in total. The van der Waals surface area contributed by atoms with Gasteiger partial charge in [-0.2, -0.15) is 0 Å². The summed E-state index contributed by atoms with van der Waals surface area (Å²) in [5.41, 5.74) is 4.12. The Morgan fingerprint density at radius 1 is 1.25 bits per heavy atom. The van der Waals surface area contributed by atoms with E-state index in [2.05, 4.69) is 31.7 Å². The molecule has 0 saturated carbocycles. The van der Waals surface area contributed by atoms with Crippen molar-refractivity contribution in [2.45, 2.75) is 71.8 Å². The lowest BCUT2D eigenvalue weighted by molar-refractivity contribution is -0.116. The number of allylic oxidation sites excluding steroid dienone is 4. The minimum Gasteiger partial charge on any atom is -0.383 e. The summed E-state index contributed by atoms with van der Waals surface area (Å²) in [6.07, 6.45) is 10.0. The number of hydrogen-bond acceptors (Lipinski definition) is 3. The molecule has 0 aromatic heterocycles. The molecule has 3 heteroatoms. The number of carbonyl (C=O) groups is 1. The van der Waals surface area contributed by atoms with Crippen LogP contribution in [-0.2, 0) is 9.53 Å². The first-order chi connectivity index (χ1) is 11.4. The lowest BCUT2D eigenvalue weighted by atomic mass is 9.67. The predicted octanol–water partition coefficient (Wildman–Crippen LogP) is 4.49. The molecule has 0 aromatic carbocycles. The van der Waals surface area contributed by atoms with E-state index in [-0.39, 0.29) is 5.41 Å². The second kappa shape index (κ2) is 7.03. The maximum absolute atomic E-state index is 12.8. The van der Waals surface area contributed by atoms with Crippen LogP contribution in [0.2, 0.25) is 0 Å². The average Bonchev–Trinajstić information content (AvgIpc) is 3.14. The zero-order valence-electron chi connectivity index (χ0n) is 15.9. The molecule has 0 radical (unpaired) electrons. The number of rotatable bonds is 5. The van der Waals surface area contributed by atoms with Gasteiger partial charge >= 0.3 is 0 Å². The summed E-state index contributed by atoms with van der Waals surface area (Å²) in [5, 5.41) is 0. The van der Waals surface area contributed by atoms with Gasteiger partial charge in [0.15, 0.2) is 5.78 Å². The van der Waals surface area contributed by atoms with Gasteiger partial charge in [0.1, 0.15) is 0 Å². The smallest absolute Gasteiger partial charge is 0.179 e. The Morgan fingerprint density at radius 2 is 2.04 bits per heavy atom. The van der Waals surface area contributed by atoms with Crippen molar-refractivity contribution >= 4 is 5.78 Å². The van der Waals surface area contributed by atoms with Crippen LogP contribution >= 0.6 is 0 Å². The standard InChI is InChI=1S/C21H33NO2/c1-15-7-9-16(10-8-15)21(2,3)18-11-12-19(23)20(18)22-13-5-6-17(22)14-24-4/h7,16-17H,5-6,8-14H2,1-4H3. The lowest BCUT2D eigenvalue weighted by Gasteiger charge is -2.40. The molecule has 1 aliphatic heterocycles. The van der Waals surface area contributed by atoms with Gasteiger partial charge in [-0.3, -0.25) is 4.79 Å². The van der Waals surface area contributed by atoms with E-state index in [1.165, 1.54) is 30.4 Å². The van der Waals surface area contributed by atoms with Crippen molar-refractivity contribution in [1.29, 1.82) is 0 Å². The summed E-state index contributed by atoms with van der Waals surface area (Å²) in [4.78, 5) is 15.1. The van der Waals surface area contributed by atoms with E-state index >= 15 is 0 Å². The molecule has 2 unspecified atom stereocenters. The number of likely N-dealkylation sites (tertiary alicyclic amines) is 1. The van der Waals surface area contributed by atoms with Crippen molar-refractivity contribution in [3.8, 4) is 0 Å². The number of ether oxygens (including phenoxy) is 1. The van der Waals surface area contributed by atoms with Gasteiger partial charge in [-0.05, 0) is 62.4 Å². The Hall–Kier alpha value is -1.09. The van der Waals surface area contributed by atoms with Crippen LogP contribution < -0.4 is 0 Å². The molecular weight excluding hydrogens is 298 g/mol. The van der Waals surface area contributed by atoms with Gasteiger partial charge in [0.25, 0.3) is 0 Å². The van der Waals surface area contributed by atoms with Crippen LogP contribution in [0.5, 0.6) is 0 Å². The van der Waals surface area contributed by atoms with Gasteiger partial charge in [0.2, 0.25) is 0 Å². The van der Waals surface area contributed by atoms with Gasteiger partial charge in [-0.25, -0.2) is 0 Å². The second-order valence-corrected chi connectivity index (χ2v) is 8.44. The first-order valence-corrected chi connectivity index (χ1v) is 9.63. The van der Waals surface area contributed by atoms with Gasteiger partial charge in [-0.1, -0.05) is 25.5 Å². The van der Waals surface area contributed by atoms with Crippen molar-refractivity contribution < 1.29 is 9.53 Å². The highest BCUT2D eigenvalue weighted by atomic mass is 16.5. The summed E-state index contributed by atoms with van der Waals surface area (Å²) in [7, 11) is 1.77. The van der Waals surface area contributed by atoms with Crippen LogP contribution in [0.25, 0.3) is 0 Å². The predicted molar refractivity (Wildman–Crippen MR) is 97.8 cm³/mol. The Balaban J connectivity index is 1.91. The van der Waals surface area contributed by atoms with Gasteiger partial charge < -0.3 is 9.64 Å². The lowest BCUT2D eigenvalue weighted by Crippen LogP contribution is -2.37. The van der Waals surface area contributed by atoms with Crippen LogP contribution in [-0.4, -0.2) is 37.0 Å². The minimum absolute atomic E-state index is 0.110. The topological polar surface area (TPSA) is 29.5 Å². The van der Waals surface area contributed by atoms with Crippen molar-refractivity contribution in [3.05, 3.63) is 22.9 Å². The molecule has 134 valence electrons. The van der Waals surface area contributed by atoms with E-state index < -0.39 is 0 Å². The molecule has 1 fully saturated rings. The molecule has 1 saturated heterocycles. The van der Waals surface area contributed by atoms with Gasteiger partial charge in [0, 0.05) is 20.1 Å².